The minimum atomic E-state index is -0.0728. The Morgan fingerprint density at radius 2 is 2.00 bits per heavy atom. The molecule has 0 fully saturated rings. The summed E-state index contributed by atoms with van der Waals surface area (Å²) in [5.74, 6) is -0.0728. The van der Waals surface area contributed by atoms with Crippen molar-refractivity contribution in [2.75, 3.05) is 0 Å². The van der Waals surface area contributed by atoms with Gasteiger partial charge in [-0.25, -0.2) is 0 Å². The van der Waals surface area contributed by atoms with E-state index in [1.165, 1.54) is 0 Å². The van der Waals surface area contributed by atoms with Crippen LogP contribution in [0.5, 0.6) is 0 Å². The number of halogens is 2. The summed E-state index contributed by atoms with van der Waals surface area (Å²) in [4.78, 5) is 11.8. The molecule has 4 heteroatoms. The molecule has 2 nitrogen and oxygen atoms in total. The number of carbonyl (C=O) groups excluding carboxylic acids is 1. The average Bonchev–Trinajstić information content (AvgIpc) is 2.16. The van der Waals surface area contributed by atoms with Crippen LogP contribution in [0.3, 0.4) is 0 Å². The van der Waals surface area contributed by atoms with E-state index in [-0.39, 0.29) is 11.9 Å². The lowest BCUT2D eigenvalue weighted by atomic mass is 10.2. The first-order chi connectivity index (χ1) is 7.52. The topological polar surface area (TPSA) is 29.1 Å². The standard InChI is InChI=1S/C12H13Br2NO/c1-3-4-8(2)15-12(16)9-5-10(13)7-11(14)6-9/h3,5-8H,1,4H2,2H3,(H,15,16). The normalized spacial score (nSPS) is 11.9. The summed E-state index contributed by atoms with van der Waals surface area (Å²) >= 11 is 6.70. The molecule has 1 aromatic carbocycles. The third-order valence-electron chi connectivity index (χ3n) is 2.02. The number of nitrogens with one attached hydrogen (secondary N) is 1. The van der Waals surface area contributed by atoms with Gasteiger partial charge in [-0.1, -0.05) is 37.9 Å². The van der Waals surface area contributed by atoms with Gasteiger partial charge in [0, 0.05) is 20.6 Å². The number of amides is 1. The van der Waals surface area contributed by atoms with E-state index in [1.54, 1.807) is 18.2 Å². The van der Waals surface area contributed by atoms with Crippen LogP contribution in [-0.2, 0) is 0 Å². The smallest absolute Gasteiger partial charge is 0.251 e. The van der Waals surface area contributed by atoms with Gasteiger partial charge in [0.05, 0.1) is 0 Å². The quantitative estimate of drug-likeness (QED) is 0.823. The third kappa shape index (κ3) is 4.10. The predicted octanol–water partition coefficient (Wildman–Crippen LogP) is 3.91. The second-order valence-electron chi connectivity index (χ2n) is 3.56. The lowest BCUT2D eigenvalue weighted by molar-refractivity contribution is 0.0940. The molecule has 16 heavy (non-hydrogen) atoms. The highest BCUT2D eigenvalue weighted by Crippen LogP contribution is 2.20. The van der Waals surface area contributed by atoms with Crippen molar-refractivity contribution in [1.82, 2.24) is 5.32 Å². The first-order valence-electron chi connectivity index (χ1n) is 4.90. The highest BCUT2D eigenvalue weighted by molar-refractivity contribution is 9.11. The van der Waals surface area contributed by atoms with E-state index in [1.807, 2.05) is 13.0 Å². The van der Waals surface area contributed by atoms with Crippen LogP contribution in [0.1, 0.15) is 23.7 Å². The van der Waals surface area contributed by atoms with E-state index in [0.717, 1.165) is 15.4 Å². The average molecular weight is 347 g/mol. The van der Waals surface area contributed by atoms with Gasteiger partial charge in [0.25, 0.3) is 5.91 Å². The van der Waals surface area contributed by atoms with Gasteiger partial charge < -0.3 is 5.32 Å². The molecule has 1 amide bonds. The molecule has 0 saturated heterocycles. The largest absolute Gasteiger partial charge is 0.349 e. The zero-order valence-corrected chi connectivity index (χ0v) is 12.1. The highest BCUT2D eigenvalue weighted by atomic mass is 79.9. The molecule has 0 aliphatic carbocycles. The number of rotatable bonds is 4. The molecule has 0 bridgehead atoms. The van der Waals surface area contributed by atoms with E-state index < -0.39 is 0 Å². The fraction of sp³-hybridized carbons (Fsp3) is 0.250. The monoisotopic (exact) mass is 345 g/mol. The Morgan fingerprint density at radius 3 is 2.50 bits per heavy atom. The van der Waals surface area contributed by atoms with Crippen molar-refractivity contribution in [3.63, 3.8) is 0 Å². The van der Waals surface area contributed by atoms with Crippen molar-refractivity contribution in [2.24, 2.45) is 0 Å². The second-order valence-corrected chi connectivity index (χ2v) is 5.39. The van der Waals surface area contributed by atoms with Crippen LogP contribution in [0.25, 0.3) is 0 Å². The molecule has 0 aliphatic heterocycles. The van der Waals surface area contributed by atoms with Crippen molar-refractivity contribution in [3.8, 4) is 0 Å². The molecule has 0 aromatic heterocycles. The number of hydrogen-bond acceptors (Lipinski definition) is 1. The molecule has 1 unspecified atom stereocenters. The summed E-state index contributed by atoms with van der Waals surface area (Å²) in [7, 11) is 0. The SMILES string of the molecule is C=CCC(C)NC(=O)c1cc(Br)cc(Br)c1. The third-order valence-corrected chi connectivity index (χ3v) is 2.94. The number of hydrogen-bond donors (Lipinski definition) is 1. The predicted molar refractivity (Wildman–Crippen MR) is 73.6 cm³/mol. The summed E-state index contributed by atoms with van der Waals surface area (Å²) < 4.78 is 1.76. The van der Waals surface area contributed by atoms with Crippen molar-refractivity contribution < 1.29 is 4.79 Å². The lowest BCUT2D eigenvalue weighted by Crippen LogP contribution is -2.32. The van der Waals surface area contributed by atoms with Gasteiger partial charge in [0.1, 0.15) is 0 Å². The summed E-state index contributed by atoms with van der Waals surface area (Å²) in [5, 5.41) is 2.90. The van der Waals surface area contributed by atoms with Gasteiger partial charge in [-0.3, -0.25) is 4.79 Å². The van der Waals surface area contributed by atoms with E-state index in [2.05, 4.69) is 43.8 Å². The fourth-order valence-corrected chi connectivity index (χ4v) is 2.59. The van der Waals surface area contributed by atoms with Crippen LogP contribution in [0.4, 0.5) is 0 Å². The van der Waals surface area contributed by atoms with Gasteiger partial charge in [-0.05, 0) is 31.5 Å². The van der Waals surface area contributed by atoms with Gasteiger partial charge in [-0.15, -0.1) is 6.58 Å². The summed E-state index contributed by atoms with van der Waals surface area (Å²) in [6.07, 6.45) is 2.56. The van der Waals surface area contributed by atoms with E-state index >= 15 is 0 Å². The molecular weight excluding hydrogens is 334 g/mol. The van der Waals surface area contributed by atoms with Gasteiger partial charge >= 0.3 is 0 Å². The number of benzene rings is 1. The minimum absolute atomic E-state index is 0.0728. The molecule has 0 aliphatic rings. The number of carbonyl (C=O) groups is 1. The maximum absolute atomic E-state index is 11.8. The van der Waals surface area contributed by atoms with E-state index in [0.29, 0.717) is 5.56 Å². The Labute approximate surface area is 112 Å². The molecule has 0 saturated carbocycles. The Balaban J connectivity index is 2.76. The lowest BCUT2D eigenvalue weighted by Gasteiger charge is -2.12. The highest BCUT2D eigenvalue weighted by Gasteiger charge is 2.09. The van der Waals surface area contributed by atoms with Crippen LogP contribution >= 0.6 is 31.9 Å². The van der Waals surface area contributed by atoms with E-state index in [9.17, 15) is 4.79 Å². The van der Waals surface area contributed by atoms with Gasteiger partial charge in [-0.2, -0.15) is 0 Å². The van der Waals surface area contributed by atoms with Gasteiger partial charge in [0.2, 0.25) is 0 Å². The second kappa shape index (κ2) is 6.21. The molecule has 1 rings (SSSR count). The zero-order chi connectivity index (χ0) is 12.1. The van der Waals surface area contributed by atoms with Crippen molar-refractivity contribution in [2.45, 2.75) is 19.4 Å². The Morgan fingerprint density at radius 1 is 1.44 bits per heavy atom. The van der Waals surface area contributed by atoms with Crippen LogP contribution < -0.4 is 5.32 Å². The van der Waals surface area contributed by atoms with E-state index in [4.69, 9.17) is 0 Å². The summed E-state index contributed by atoms with van der Waals surface area (Å²) in [6.45, 7) is 5.59. The molecule has 0 spiro atoms. The molecule has 1 N–H and O–H groups in total. The Kier molecular flexibility index (Phi) is 5.22. The summed E-state index contributed by atoms with van der Waals surface area (Å²) in [5.41, 5.74) is 0.636. The first-order valence-corrected chi connectivity index (χ1v) is 6.49. The molecule has 0 heterocycles. The fourth-order valence-electron chi connectivity index (χ4n) is 1.30. The first kappa shape index (κ1) is 13.5. The molecule has 0 radical (unpaired) electrons. The molecule has 86 valence electrons. The molecule has 1 atom stereocenters. The van der Waals surface area contributed by atoms with Crippen LogP contribution in [0.15, 0.2) is 39.8 Å². The zero-order valence-electron chi connectivity index (χ0n) is 8.97. The Bertz CT molecular complexity index is 384. The van der Waals surface area contributed by atoms with Crippen molar-refractivity contribution in [3.05, 3.63) is 45.4 Å². The van der Waals surface area contributed by atoms with Crippen molar-refractivity contribution >= 4 is 37.8 Å². The maximum Gasteiger partial charge on any atom is 0.251 e. The molecule has 1 aromatic rings. The maximum atomic E-state index is 11.8. The minimum Gasteiger partial charge on any atom is -0.349 e. The van der Waals surface area contributed by atoms with Gasteiger partial charge in [0.15, 0.2) is 0 Å². The van der Waals surface area contributed by atoms with Crippen molar-refractivity contribution in [1.29, 1.82) is 0 Å². The Hall–Kier alpha value is -0.610. The van der Waals surface area contributed by atoms with Crippen LogP contribution in [-0.4, -0.2) is 11.9 Å². The molecular formula is C12H13Br2NO. The van der Waals surface area contributed by atoms with Crippen LogP contribution in [0, 0.1) is 0 Å². The summed E-state index contributed by atoms with van der Waals surface area (Å²) in [6, 6.07) is 5.58. The van der Waals surface area contributed by atoms with Crippen LogP contribution in [0.2, 0.25) is 0 Å².